The molecule has 2 aromatic rings. The van der Waals surface area contributed by atoms with Crippen LogP contribution in [0.4, 0.5) is 0 Å². The summed E-state index contributed by atoms with van der Waals surface area (Å²) in [5.41, 5.74) is 9.08. The van der Waals surface area contributed by atoms with Crippen LogP contribution in [0.3, 0.4) is 0 Å². The van der Waals surface area contributed by atoms with Gasteiger partial charge in [0.05, 0.1) is 0 Å². The lowest BCUT2D eigenvalue weighted by Gasteiger charge is -2.16. The summed E-state index contributed by atoms with van der Waals surface area (Å²) >= 11 is 18.5. The fourth-order valence-electron chi connectivity index (χ4n) is 1.99. The molecule has 0 aliphatic heterocycles. The van der Waals surface area contributed by atoms with E-state index in [0.717, 1.165) is 16.7 Å². The molecular weight excluding hydrogens is 301 g/mol. The Kier molecular flexibility index (Phi) is 4.75. The number of rotatable bonds is 3. The molecule has 2 rings (SSSR count). The number of halogens is 3. The van der Waals surface area contributed by atoms with Crippen molar-refractivity contribution >= 4 is 34.8 Å². The van der Waals surface area contributed by atoms with Crippen LogP contribution < -0.4 is 5.73 Å². The van der Waals surface area contributed by atoms with E-state index in [2.05, 4.69) is 0 Å². The highest BCUT2D eigenvalue weighted by molar-refractivity contribution is 6.36. The van der Waals surface area contributed by atoms with E-state index in [1.165, 1.54) is 0 Å². The second-order valence-electron chi connectivity index (χ2n) is 4.54. The fraction of sp³-hybridized carbons (Fsp3) is 0.200. The zero-order valence-electron chi connectivity index (χ0n) is 10.5. The molecule has 0 saturated carbocycles. The molecule has 0 saturated heterocycles. The molecule has 19 heavy (non-hydrogen) atoms. The number of nitrogens with two attached hydrogens (primary N) is 1. The lowest BCUT2D eigenvalue weighted by atomic mass is 9.98. The molecule has 2 aromatic carbocycles. The zero-order chi connectivity index (χ0) is 14.0. The fourth-order valence-corrected chi connectivity index (χ4v) is 2.92. The van der Waals surface area contributed by atoms with Gasteiger partial charge in [0.15, 0.2) is 0 Å². The molecule has 100 valence electrons. The van der Waals surface area contributed by atoms with Crippen molar-refractivity contribution < 1.29 is 0 Å². The predicted octanol–water partition coefficient (Wildman–Crippen LogP) is 5.20. The van der Waals surface area contributed by atoms with Crippen LogP contribution in [0.15, 0.2) is 36.4 Å². The van der Waals surface area contributed by atoms with Gasteiger partial charge in [0.2, 0.25) is 0 Å². The largest absolute Gasteiger partial charge is 0.324 e. The second kappa shape index (κ2) is 6.15. The maximum atomic E-state index is 6.22. The van der Waals surface area contributed by atoms with Gasteiger partial charge in [0.25, 0.3) is 0 Å². The van der Waals surface area contributed by atoms with Gasteiger partial charge in [0.1, 0.15) is 0 Å². The van der Waals surface area contributed by atoms with Crippen molar-refractivity contribution in [2.75, 3.05) is 0 Å². The molecule has 0 bridgehead atoms. The van der Waals surface area contributed by atoms with Crippen molar-refractivity contribution in [3.63, 3.8) is 0 Å². The lowest BCUT2D eigenvalue weighted by Crippen LogP contribution is -2.14. The van der Waals surface area contributed by atoms with Gasteiger partial charge in [-0.05, 0) is 48.2 Å². The Hall–Kier alpha value is -0.730. The van der Waals surface area contributed by atoms with E-state index >= 15 is 0 Å². The molecule has 0 fully saturated rings. The number of hydrogen-bond acceptors (Lipinski definition) is 1. The molecular formula is C15H14Cl3N. The molecule has 0 spiro atoms. The smallest absolute Gasteiger partial charge is 0.0456 e. The van der Waals surface area contributed by atoms with E-state index in [4.69, 9.17) is 40.5 Å². The summed E-state index contributed by atoms with van der Waals surface area (Å²) < 4.78 is 0. The number of aryl methyl sites for hydroxylation is 1. The first-order chi connectivity index (χ1) is 8.99. The van der Waals surface area contributed by atoms with Crippen LogP contribution in [0.5, 0.6) is 0 Å². The van der Waals surface area contributed by atoms with Crippen LogP contribution >= 0.6 is 34.8 Å². The Morgan fingerprint density at radius 1 is 1.00 bits per heavy atom. The normalized spacial score (nSPS) is 12.5. The van der Waals surface area contributed by atoms with Gasteiger partial charge >= 0.3 is 0 Å². The second-order valence-corrected chi connectivity index (χ2v) is 5.76. The molecule has 0 aliphatic rings. The minimum absolute atomic E-state index is 0.231. The predicted molar refractivity (Wildman–Crippen MR) is 83.3 cm³/mol. The average molecular weight is 315 g/mol. The lowest BCUT2D eigenvalue weighted by molar-refractivity contribution is 0.722. The molecule has 0 aromatic heterocycles. The summed E-state index contributed by atoms with van der Waals surface area (Å²) in [5, 5.41) is 1.94. The maximum Gasteiger partial charge on any atom is 0.0456 e. The first-order valence-corrected chi connectivity index (χ1v) is 7.07. The van der Waals surface area contributed by atoms with E-state index in [-0.39, 0.29) is 6.04 Å². The standard InChI is InChI=1S/C15H14Cl3N/c1-9-5-6-10(14(18)7-9)15(19)8-11-12(16)3-2-4-13(11)17/h2-7,15H,8,19H2,1H3. The van der Waals surface area contributed by atoms with Crippen molar-refractivity contribution in [3.05, 3.63) is 68.2 Å². The highest BCUT2D eigenvalue weighted by Crippen LogP contribution is 2.31. The highest BCUT2D eigenvalue weighted by atomic mass is 35.5. The third-order valence-electron chi connectivity index (χ3n) is 3.04. The first kappa shape index (κ1) is 14.7. The summed E-state index contributed by atoms with van der Waals surface area (Å²) in [6, 6.07) is 11.1. The van der Waals surface area contributed by atoms with E-state index in [0.29, 0.717) is 21.5 Å². The maximum absolute atomic E-state index is 6.22. The summed E-state index contributed by atoms with van der Waals surface area (Å²) in [5.74, 6) is 0. The minimum Gasteiger partial charge on any atom is -0.324 e. The van der Waals surface area contributed by atoms with Gasteiger partial charge in [-0.25, -0.2) is 0 Å². The van der Waals surface area contributed by atoms with E-state index < -0.39 is 0 Å². The number of benzene rings is 2. The zero-order valence-corrected chi connectivity index (χ0v) is 12.7. The van der Waals surface area contributed by atoms with Gasteiger partial charge in [-0.15, -0.1) is 0 Å². The molecule has 2 N–H and O–H groups in total. The molecule has 1 atom stereocenters. The van der Waals surface area contributed by atoms with Crippen LogP contribution in [0.1, 0.15) is 22.7 Å². The summed E-state index contributed by atoms with van der Waals surface area (Å²) in [4.78, 5) is 0. The molecule has 0 heterocycles. The van der Waals surface area contributed by atoms with Crippen LogP contribution in [0.2, 0.25) is 15.1 Å². The van der Waals surface area contributed by atoms with E-state index in [1.807, 2.05) is 43.3 Å². The third-order valence-corrected chi connectivity index (χ3v) is 4.08. The van der Waals surface area contributed by atoms with Crippen LogP contribution in [0, 0.1) is 6.92 Å². The van der Waals surface area contributed by atoms with Crippen LogP contribution in [-0.4, -0.2) is 0 Å². The van der Waals surface area contributed by atoms with Gasteiger partial charge in [-0.1, -0.05) is 53.0 Å². The monoisotopic (exact) mass is 313 g/mol. The van der Waals surface area contributed by atoms with Gasteiger partial charge in [-0.2, -0.15) is 0 Å². The summed E-state index contributed by atoms with van der Waals surface area (Å²) in [6.07, 6.45) is 0.557. The Labute approximate surface area is 128 Å². The Morgan fingerprint density at radius 2 is 1.63 bits per heavy atom. The Morgan fingerprint density at radius 3 is 2.21 bits per heavy atom. The summed E-state index contributed by atoms with van der Waals surface area (Å²) in [7, 11) is 0. The van der Waals surface area contributed by atoms with Crippen molar-refractivity contribution in [1.82, 2.24) is 0 Å². The topological polar surface area (TPSA) is 26.0 Å². The summed E-state index contributed by atoms with van der Waals surface area (Å²) in [6.45, 7) is 1.99. The van der Waals surface area contributed by atoms with E-state index in [9.17, 15) is 0 Å². The van der Waals surface area contributed by atoms with Crippen LogP contribution in [0.25, 0.3) is 0 Å². The highest BCUT2D eigenvalue weighted by Gasteiger charge is 2.14. The van der Waals surface area contributed by atoms with Gasteiger partial charge < -0.3 is 5.73 Å². The van der Waals surface area contributed by atoms with Crippen molar-refractivity contribution in [1.29, 1.82) is 0 Å². The molecule has 0 amide bonds. The third kappa shape index (κ3) is 3.43. The quantitative estimate of drug-likeness (QED) is 0.828. The molecule has 0 radical (unpaired) electrons. The van der Waals surface area contributed by atoms with Crippen molar-refractivity contribution in [2.24, 2.45) is 5.73 Å². The Bertz CT molecular complexity index is 576. The first-order valence-electron chi connectivity index (χ1n) is 5.93. The average Bonchev–Trinajstić information content (AvgIpc) is 2.33. The molecule has 4 heteroatoms. The molecule has 1 unspecified atom stereocenters. The molecule has 1 nitrogen and oxygen atoms in total. The van der Waals surface area contributed by atoms with Gasteiger partial charge in [0, 0.05) is 21.1 Å². The van der Waals surface area contributed by atoms with Crippen LogP contribution in [-0.2, 0) is 6.42 Å². The van der Waals surface area contributed by atoms with Crippen molar-refractivity contribution in [2.45, 2.75) is 19.4 Å². The van der Waals surface area contributed by atoms with Gasteiger partial charge in [-0.3, -0.25) is 0 Å². The van der Waals surface area contributed by atoms with E-state index in [1.54, 1.807) is 0 Å². The molecule has 0 aliphatic carbocycles. The number of hydrogen-bond donors (Lipinski definition) is 1. The minimum atomic E-state index is -0.231. The van der Waals surface area contributed by atoms with Crippen molar-refractivity contribution in [3.8, 4) is 0 Å². The Balaban J connectivity index is 2.28. The SMILES string of the molecule is Cc1ccc(C(N)Cc2c(Cl)cccc2Cl)c(Cl)c1.